The zero-order valence-electron chi connectivity index (χ0n) is 13.5. The molecule has 2 aromatic rings. The molecule has 0 aliphatic carbocycles. The highest BCUT2D eigenvalue weighted by Gasteiger charge is 2.30. The van der Waals surface area contributed by atoms with Crippen LogP contribution in [0.25, 0.3) is 0 Å². The third-order valence-electron chi connectivity index (χ3n) is 2.82. The Hall–Kier alpha value is -3.80. The van der Waals surface area contributed by atoms with E-state index < -0.39 is 37.6 Å². The van der Waals surface area contributed by atoms with E-state index in [0.29, 0.717) is 17.2 Å². The minimum absolute atomic E-state index is 0.0766. The van der Waals surface area contributed by atoms with Crippen LogP contribution in [0, 0.1) is 30.3 Å². The number of hydrogen-bond donors (Lipinski definition) is 2. The van der Waals surface area contributed by atoms with Gasteiger partial charge in [0.05, 0.1) is 26.9 Å². The van der Waals surface area contributed by atoms with Gasteiger partial charge in [0.15, 0.2) is 0 Å². The Morgan fingerprint density at radius 2 is 1.41 bits per heavy atom. The van der Waals surface area contributed by atoms with Crippen LogP contribution in [0.5, 0.6) is 5.75 Å². The fourth-order valence-electron chi connectivity index (χ4n) is 1.71. The first kappa shape index (κ1) is 21.2. The predicted molar refractivity (Wildman–Crippen MR) is 93.8 cm³/mol. The highest BCUT2D eigenvalue weighted by Crippen LogP contribution is 2.38. The molecule has 12 nitrogen and oxygen atoms in total. The van der Waals surface area contributed by atoms with Crippen LogP contribution in [0.3, 0.4) is 0 Å². The Labute approximate surface area is 155 Å². The summed E-state index contributed by atoms with van der Waals surface area (Å²) in [4.78, 5) is 38.3. The molecule has 0 aliphatic rings. The maximum Gasteiger partial charge on any atom is 0.324 e. The molecular formula is C14H11ClN4O8. The second-order valence-electron chi connectivity index (χ2n) is 4.79. The molecule has 0 fully saturated rings. The molecule has 0 radical (unpaired) electrons. The van der Waals surface area contributed by atoms with E-state index in [0.717, 1.165) is 5.69 Å². The Morgan fingerprint density at radius 3 is 1.74 bits per heavy atom. The fourth-order valence-corrected chi connectivity index (χ4v) is 1.84. The van der Waals surface area contributed by atoms with E-state index >= 15 is 0 Å². The number of halogens is 1. The van der Waals surface area contributed by atoms with Gasteiger partial charge in [-0.05, 0) is 24.3 Å². The van der Waals surface area contributed by atoms with Crippen molar-refractivity contribution in [1.82, 2.24) is 0 Å². The number of anilines is 1. The van der Waals surface area contributed by atoms with Gasteiger partial charge in [0.25, 0.3) is 11.4 Å². The summed E-state index contributed by atoms with van der Waals surface area (Å²) in [6.07, 6.45) is 0. The summed E-state index contributed by atoms with van der Waals surface area (Å²) >= 11 is 5.64. The lowest BCUT2D eigenvalue weighted by molar-refractivity contribution is -0.404. The van der Waals surface area contributed by atoms with Crippen LogP contribution in [0.4, 0.5) is 22.7 Å². The van der Waals surface area contributed by atoms with E-state index in [1.54, 1.807) is 24.3 Å². The van der Waals surface area contributed by atoms with Gasteiger partial charge < -0.3 is 10.4 Å². The zero-order valence-corrected chi connectivity index (χ0v) is 14.2. The molecule has 2 aromatic carbocycles. The topological polar surface area (TPSA) is 179 Å². The van der Waals surface area contributed by atoms with Crippen molar-refractivity contribution in [2.75, 3.05) is 5.32 Å². The number of benzene rings is 2. The molecule has 0 saturated carbocycles. The van der Waals surface area contributed by atoms with Crippen LogP contribution in [0.2, 0.25) is 5.02 Å². The molecule has 2 rings (SSSR count). The largest absolute Gasteiger partial charge is 0.497 e. The van der Waals surface area contributed by atoms with Gasteiger partial charge in [0.1, 0.15) is 0 Å². The number of carbonyl (C=O) groups excluding carboxylic acids is 1. The maximum absolute atomic E-state index is 10.6. The van der Waals surface area contributed by atoms with Crippen molar-refractivity contribution in [3.8, 4) is 5.75 Å². The van der Waals surface area contributed by atoms with Crippen molar-refractivity contribution in [1.29, 1.82) is 0 Å². The second kappa shape index (κ2) is 9.05. The predicted octanol–water partition coefficient (Wildman–Crippen LogP) is 3.42. The summed E-state index contributed by atoms with van der Waals surface area (Å²) in [6, 6.07) is 7.86. The molecule has 0 heterocycles. The van der Waals surface area contributed by atoms with E-state index in [4.69, 9.17) is 16.7 Å². The number of carbonyl (C=O) groups is 1. The van der Waals surface area contributed by atoms with Gasteiger partial charge >= 0.3 is 11.4 Å². The van der Waals surface area contributed by atoms with E-state index in [-0.39, 0.29) is 5.91 Å². The minimum Gasteiger partial charge on any atom is -0.497 e. The van der Waals surface area contributed by atoms with Gasteiger partial charge in [-0.3, -0.25) is 35.1 Å². The Morgan fingerprint density at radius 1 is 0.963 bits per heavy atom. The van der Waals surface area contributed by atoms with Gasteiger partial charge in [0.2, 0.25) is 5.91 Å². The normalized spacial score (nSPS) is 9.56. The van der Waals surface area contributed by atoms with Crippen molar-refractivity contribution in [2.45, 2.75) is 6.92 Å². The first-order valence-corrected chi connectivity index (χ1v) is 7.24. The molecule has 27 heavy (non-hydrogen) atoms. The molecule has 0 bridgehead atoms. The van der Waals surface area contributed by atoms with Crippen molar-refractivity contribution in [3.05, 3.63) is 71.8 Å². The van der Waals surface area contributed by atoms with Gasteiger partial charge in [-0.25, -0.2) is 0 Å². The second-order valence-corrected chi connectivity index (χ2v) is 5.23. The van der Waals surface area contributed by atoms with E-state index in [1.165, 1.54) is 6.92 Å². The average molecular weight is 399 g/mol. The minimum atomic E-state index is -1.21. The zero-order chi connectivity index (χ0) is 20.7. The molecular weight excluding hydrogens is 388 g/mol. The standard InChI is InChI=1S/C8H8ClNO.C6H3N3O7/c1-6(11)10-8-4-2-7(9)3-5-8;10-6-4(8(13)14)1-3(7(11)12)2-5(6)9(15)16/h2-5H,1H3,(H,10,11);1-2,10H. The Kier molecular flexibility index (Phi) is 7.12. The number of nitrogens with zero attached hydrogens (tertiary/aromatic N) is 3. The Bertz CT molecular complexity index is 865. The summed E-state index contributed by atoms with van der Waals surface area (Å²) in [6.45, 7) is 1.47. The van der Waals surface area contributed by atoms with E-state index in [9.17, 15) is 35.1 Å². The number of amides is 1. The quantitative estimate of drug-likeness (QED) is 0.580. The lowest BCUT2D eigenvalue weighted by Gasteiger charge is -1.99. The average Bonchev–Trinajstić information content (AvgIpc) is 2.56. The fraction of sp³-hybridized carbons (Fsp3) is 0.0714. The van der Waals surface area contributed by atoms with Gasteiger partial charge in [-0.15, -0.1) is 0 Å². The van der Waals surface area contributed by atoms with Crippen LogP contribution >= 0.6 is 11.6 Å². The molecule has 13 heteroatoms. The molecule has 0 spiro atoms. The molecule has 0 unspecified atom stereocenters. The van der Waals surface area contributed by atoms with Crippen LogP contribution in [-0.4, -0.2) is 25.8 Å². The van der Waals surface area contributed by atoms with Crippen LogP contribution in [-0.2, 0) is 4.79 Å². The van der Waals surface area contributed by atoms with Crippen molar-refractivity contribution >= 4 is 40.3 Å². The molecule has 142 valence electrons. The molecule has 0 aliphatic heterocycles. The number of aromatic hydroxyl groups is 1. The van der Waals surface area contributed by atoms with Gasteiger partial charge in [-0.1, -0.05) is 11.6 Å². The summed E-state index contributed by atoms with van der Waals surface area (Å²) < 4.78 is 0. The number of hydrogen-bond acceptors (Lipinski definition) is 8. The monoisotopic (exact) mass is 398 g/mol. The van der Waals surface area contributed by atoms with Crippen LogP contribution < -0.4 is 5.32 Å². The van der Waals surface area contributed by atoms with Crippen molar-refractivity contribution < 1.29 is 24.7 Å². The first-order valence-electron chi connectivity index (χ1n) is 6.86. The maximum atomic E-state index is 10.6. The Balaban J connectivity index is 0.000000289. The molecule has 1 amide bonds. The third kappa shape index (κ3) is 6.21. The lowest BCUT2D eigenvalue weighted by atomic mass is 10.2. The number of nitro benzene ring substituents is 3. The summed E-state index contributed by atoms with van der Waals surface area (Å²) in [7, 11) is 0. The SMILES string of the molecule is CC(=O)Nc1ccc(Cl)cc1.O=[N+]([O-])c1cc([N+](=O)[O-])c(O)c([N+](=O)[O-])c1. The number of phenols is 1. The number of non-ortho nitro benzene ring substituents is 1. The molecule has 2 N–H and O–H groups in total. The summed E-state index contributed by atoms with van der Waals surface area (Å²) in [5.41, 5.74) is -2.24. The highest BCUT2D eigenvalue weighted by atomic mass is 35.5. The van der Waals surface area contributed by atoms with E-state index in [2.05, 4.69) is 5.32 Å². The van der Waals surface area contributed by atoms with Crippen LogP contribution in [0.1, 0.15) is 6.92 Å². The smallest absolute Gasteiger partial charge is 0.324 e. The number of nitro groups is 3. The number of rotatable bonds is 4. The first-order chi connectivity index (χ1) is 12.5. The lowest BCUT2D eigenvalue weighted by Crippen LogP contribution is -2.04. The van der Waals surface area contributed by atoms with E-state index in [1.807, 2.05) is 0 Å². The number of phenolic OH excluding ortho intramolecular Hbond substituents is 1. The van der Waals surface area contributed by atoms with Gasteiger partial charge in [-0.2, -0.15) is 0 Å². The molecule has 0 saturated heterocycles. The van der Waals surface area contributed by atoms with Crippen molar-refractivity contribution in [3.63, 3.8) is 0 Å². The highest BCUT2D eigenvalue weighted by molar-refractivity contribution is 6.30. The third-order valence-corrected chi connectivity index (χ3v) is 3.08. The van der Waals surface area contributed by atoms with Crippen molar-refractivity contribution in [2.24, 2.45) is 0 Å². The molecule has 0 aromatic heterocycles. The summed E-state index contributed by atoms with van der Waals surface area (Å²) in [5.74, 6) is -1.28. The van der Waals surface area contributed by atoms with Crippen LogP contribution in [0.15, 0.2) is 36.4 Å². The summed E-state index contributed by atoms with van der Waals surface area (Å²) in [5, 5.41) is 43.5. The number of nitrogens with one attached hydrogen (secondary N) is 1. The molecule has 0 atom stereocenters. The van der Waals surface area contributed by atoms with Gasteiger partial charge in [0, 0.05) is 17.6 Å².